The standard InChI is InChI=1S/C18H14BrFN2O/c19-14-8-6-13(17(20)10-14)7-9-18-22-16(12-23-18)11-21-15-4-2-1-3-5-15/h1-10,12,21H,11H2. The number of benzene rings is 2. The van der Waals surface area contributed by atoms with E-state index in [1.165, 1.54) is 6.07 Å². The Morgan fingerprint density at radius 2 is 1.96 bits per heavy atom. The van der Waals surface area contributed by atoms with Crippen molar-refractivity contribution in [1.29, 1.82) is 0 Å². The van der Waals surface area contributed by atoms with Crippen LogP contribution in [0.15, 0.2) is 63.7 Å². The van der Waals surface area contributed by atoms with E-state index >= 15 is 0 Å². The highest BCUT2D eigenvalue weighted by Crippen LogP contribution is 2.17. The second-order valence-corrected chi connectivity index (χ2v) is 5.81. The average Bonchev–Trinajstić information content (AvgIpc) is 3.01. The van der Waals surface area contributed by atoms with Crippen molar-refractivity contribution in [2.24, 2.45) is 0 Å². The number of anilines is 1. The predicted octanol–water partition coefficient (Wildman–Crippen LogP) is 5.36. The minimum Gasteiger partial charge on any atom is -0.445 e. The Bertz CT molecular complexity index is 815. The zero-order chi connectivity index (χ0) is 16.1. The van der Waals surface area contributed by atoms with Gasteiger partial charge in [0.2, 0.25) is 5.89 Å². The summed E-state index contributed by atoms with van der Waals surface area (Å²) < 4.78 is 19.8. The first-order valence-corrected chi connectivity index (χ1v) is 7.86. The van der Waals surface area contributed by atoms with E-state index in [-0.39, 0.29) is 5.82 Å². The van der Waals surface area contributed by atoms with Gasteiger partial charge in [0.15, 0.2) is 0 Å². The summed E-state index contributed by atoms with van der Waals surface area (Å²) in [7, 11) is 0. The summed E-state index contributed by atoms with van der Waals surface area (Å²) in [6.07, 6.45) is 4.88. The van der Waals surface area contributed by atoms with Crippen LogP contribution in [-0.2, 0) is 6.54 Å². The van der Waals surface area contributed by atoms with Crippen LogP contribution in [0.5, 0.6) is 0 Å². The van der Waals surface area contributed by atoms with Gasteiger partial charge < -0.3 is 9.73 Å². The molecule has 0 unspecified atom stereocenters. The largest absolute Gasteiger partial charge is 0.445 e. The van der Waals surface area contributed by atoms with E-state index in [2.05, 4.69) is 26.2 Å². The van der Waals surface area contributed by atoms with Crippen molar-refractivity contribution >= 4 is 33.8 Å². The number of hydrogen-bond donors (Lipinski definition) is 1. The fraction of sp³-hybridized carbons (Fsp3) is 0.0556. The van der Waals surface area contributed by atoms with Gasteiger partial charge in [0.1, 0.15) is 12.1 Å². The van der Waals surface area contributed by atoms with Crippen LogP contribution in [0.1, 0.15) is 17.1 Å². The van der Waals surface area contributed by atoms with Crippen LogP contribution >= 0.6 is 15.9 Å². The molecule has 0 aliphatic carbocycles. The predicted molar refractivity (Wildman–Crippen MR) is 93.3 cm³/mol. The van der Waals surface area contributed by atoms with Crippen molar-refractivity contribution in [3.63, 3.8) is 0 Å². The summed E-state index contributed by atoms with van der Waals surface area (Å²) in [5.41, 5.74) is 2.28. The molecule has 116 valence electrons. The van der Waals surface area contributed by atoms with Gasteiger partial charge in [-0.3, -0.25) is 0 Å². The normalized spacial score (nSPS) is 11.0. The van der Waals surface area contributed by atoms with E-state index in [0.717, 1.165) is 11.4 Å². The molecule has 0 aliphatic heterocycles. The molecule has 2 aromatic carbocycles. The van der Waals surface area contributed by atoms with Gasteiger partial charge in [-0.2, -0.15) is 0 Å². The van der Waals surface area contributed by atoms with Crippen LogP contribution in [0.3, 0.4) is 0 Å². The summed E-state index contributed by atoms with van der Waals surface area (Å²) in [6.45, 7) is 0.563. The van der Waals surface area contributed by atoms with Gasteiger partial charge in [0.25, 0.3) is 0 Å². The van der Waals surface area contributed by atoms with Gasteiger partial charge in [0.05, 0.1) is 12.2 Å². The molecule has 0 saturated carbocycles. The molecule has 0 bridgehead atoms. The third kappa shape index (κ3) is 4.29. The molecule has 0 saturated heterocycles. The maximum Gasteiger partial charge on any atom is 0.218 e. The Morgan fingerprint density at radius 3 is 2.74 bits per heavy atom. The van der Waals surface area contributed by atoms with E-state index < -0.39 is 0 Å². The molecule has 0 atom stereocenters. The summed E-state index contributed by atoms with van der Waals surface area (Å²) in [6, 6.07) is 14.8. The number of para-hydroxylation sites is 1. The summed E-state index contributed by atoms with van der Waals surface area (Å²) in [5, 5.41) is 3.25. The smallest absolute Gasteiger partial charge is 0.218 e. The van der Waals surface area contributed by atoms with Gasteiger partial charge in [-0.15, -0.1) is 0 Å². The van der Waals surface area contributed by atoms with Gasteiger partial charge in [-0.25, -0.2) is 9.37 Å². The minimum atomic E-state index is -0.298. The van der Waals surface area contributed by atoms with Crippen molar-refractivity contribution in [1.82, 2.24) is 4.98 Å². The molecule has 3 aromatic rings. The number of halogens is 2. The zero-order valence-electron chi connectivity index (χ0n) is 12.2. The molecule has 1 aromatic heterocycles. The molecule has 1 heterocycles. The van der Waals surface area contributed by atoms with Gasteiger partial charge in [-0.05, 0) is 30.3 Å². The number of rotatable bonds is 5. The Kier molecular flexibility index (Phi) is 4.88. The number of hydrogen-bond acceptors (Lipinski definition) is 3. The summed E-state index contributed by atoms with van der Waals surface area (Å²) in [4.78, 5) is 4.34. The van der Waals surface area contributed by atoms with E-state index in [4.69, 9.17) is 4.42 Å². The second-order valence-electron chi connectivity index (χ2n) is 4.90. The van der Waals surface area contributed by atoms with E-state index in [1.54, 1.807) is 30.5 Å². The molecule has 3 rings (SSSR count). The van der Waals surface area contributed by atoms with E-state index in [0.29, 0.717) is 22.5 Å². The highest BCUT2D eigenvalue weighted by molar-refractivity contribution is 9.10. The average molecular weight is 373 g/mol. The zero-order valence-corrected chi connectivity index (χ0v) is 13.8. The van der Waals surface area contributed by atoms with E-state index in [1.807, 2.05) is 30.3 Å². The molecule has 0 fully saturated rings. The second kappa shape index (κ2) is 7.24. The van der Waals surface area contributed by atoms with Crippen LogP contribution in [-0.4, -0.2) is 4.98 Å². The van der Waals surface area contributed by atoms with Crippen molar-refractivity contribution in [2.45, 2.75) is 6.54 Å². The lowest BCUT2D eigenvalue weighted by atomic mass is 10.2. The molecular weight excluding hydrogens is 359 g/mol. The van der Waals surface area contributed by atoms with Crippen LogP contribution in [0, 0.1) is 5.82 Å². The maximum absolute atomic E-state index is 13.7. The highest BCUT2D eigenvalue weighted by atomic mass is 79.9. The van der Waals surface area contributed by atoms with Gasteiger partial charge in [-0.1, -0.05) is 40.2 Å². The first kappa shape index (κ1) is 15.5. The molecule has 0 amide bonds. The van der Waals surface area contributed by atoms with Crippen LogP contribution in [0.2, 0.25) is 0 Å². The number of oxazole rings is 1. The number of aromatic nitrogens is 1. The van der Waals surface area contributed by atoms with Crippen molar-refractivity contribution in [3.05, 3.63) is 82.2 Å². The SMILES string of the molecule is Fc1cc(Br)ccc1C=Cc1nc(CNc2ccccc2)co1. The monoisotopic (exact) mass is 372 g/mol. The molecule has 23 heavy (non-hydrogen) atoms. The summed E-state index contributed by atoms with van der Waals surface area (Å²) in [5.74, 6) is 0.144. The first-order chi connectivity index (χ1) is 11.2. The number of nitrogens with one attached hydrogen (secondary N) is 1. The fourth-order valence-electron chi connectivity index (χ4n) is 2.03. The van der Waals surface area contributed by atoms with Crippen LogP contribution < -0.4 is 5.32 Å². The highest BCUT2D eigenvalue weighted by Gasteiger charge is 2.03. The van der Waals surface area contributed by atoms with Crippen molar-refractivity contribution in [2.75, 3.05) is 5.32 Å². The number of nitrogens with zero attached hydrogens (tertiary/aromatic N) is 1. The lowest BCUT2D eigenvalue weighted by Gasteiger charge is -2.02. The molecule has 3 nitrogen and oxygen atoms in total. The van der Waals surface area contributed by atoms with Crippen LogP contribution in [0.4, 0.5) is 10.1 Å². The third-order valence-electron chi connectivity index (χ3n) is 3.18. The Morgan fingerprint density at radius 1 is 1.13 bits per heavy atom. The molecule has 1 N–H and O–H groups in total. The minimum absolute atomic E-state index is 0.298. The van der Waals surface area contributed by atoms with Gasteiger partial charge in [0, 0.05) is 21.8 Å². The molecule has 0 spiro atoms. The quantitative estimate of drug-likeness (QED) is 0.655. The van der Waals surface area contributed by atoms with Crippen LogP contribution in [0.25, 0.3) is 12.2 Å². The molecular formula is C18H14BrFN2O. The molecule has 5 heteroatoms. The maximum atomic E-state index is 13.7. The Labute approximate surface area is 142 Å². The first-order valence-electron chi connectivity index (χ1n) is 7.07. The molecule has 0 aliphatic rings. The van der Waals surface area contributed by atoms with E-state index in [9.17, 15) is 4.39 Å². The fourth-order valence-corrected chi connectivity index (χ4v) is 2.36. The third-order valence-corrected chi connectivity index (χ3v) is 3.68. The Hall–Kier alpha value is -2.40. The van der Waals surface area contributed by atoms with Crippen molar-refractivity contribution in [3.8, 4) is 0 Å². The topological polar surface area (TPSA) is 38.1 Å². The summed E-state index contributed by atoms with van der Waals surface area (Å²) >= 11 is 3.23. The molecule has 0 radical (unpaired) electrons. The Balaban J connectivity index is 1.64. The lowest BCUT2D eigenvalue weighted by molar-refractivity contribution is 0.545. The lowest BCUT2D eigenvalue weighted by Crippen LogP contribution is -1.99. The van der Waals surface area contributed by atoms with Gasteiger partial charge >= 0.3 is 0 Å². The van der Waals surface area contributed by atoms with Crippen molar-refractivity contribution < 1.29 is 8.81 Å².